The van der Waals surface area contributed by atoms with Gasteiger partial charge in [0.05, 0.1) is 0 Å². The molecule has 1 atom stereocenters. The van der Waals surface area contributed by atoms with Crippen LogP contribution in [-0.2, 0) is 6.42 Å². The van der Waals surface area contributed by atoms with E-state index in [1.54, 1.807) is 0 Å². The highest BCUT2D eigenvalue weighted by molar-refractivity contribution is 5.15. The second kappa shape index (κ2) is 6.73. The van der Waals surface area contributed by atoms with E-state index >= 15 is 0 Å². The molecule has 2 N–H and O–H groups in total. The Morgan fingerprint density at radius 2 is 1.80 bits per heavy atom. The monoisotopic (exact) mass is 274 g/mol. The molecule has 1 saturated heterocycles. The zero-order valence-corrected chi connectivity index (χ0v) is 13.3. The number of likely N-dealkylation sites (tertiary alicyclic amines) is 1. The number of nitrogens with two attached hydrogens (primary N) is 1. The molecule has 1 aromatic rings. The minimum Gasteiger partial charge on any atom is -0.329 e. The Bertz CT molecular complexity index is 393. The van der Waals surface area contributed by atoms with Gasteiger partial charge in [0.25, 0.3) is 0 Å². The summed E-state index contributed by atoms with van der Waals surface area (Å²) in [4.78, 5) is 2.62. The van der Waals surface area contributed by atoms with Crippen molar-refractivity contribution in [3.8, 4) is 0 Å². The molecule has 0 aromatic heterocycles. The average molecular weight is 274 g/mol. The van der Waals surface area contributed by atoms with Crippen molar-refractivity contribution in [2.45, 2.75) is 45.6 Å². The third-order valence-electron chi connectivity index (χ3n) is 5.36. The summed E-state index contributed by atoms with van der Waals surface area (Å²) in [5, 5.41) is 0. The van der Waals surface area contributed by atoms with Crippen LogP contribution in [-0.4, -0.2) is 30.1 Å². The summed E-state index contributed by atoms with van der Waals surface area (Å²) in [7, 11) is 0. The summed E-state index contributed by atoms with van der Waals surface area (Å²) >= 11 is 0. The summed E-state index contributed by atoms with van der Waals surface area (Å²) < 4.78 is 0. The Morgan fingerprint density at radius 1 is 1.20 bits per heavy atom. The highest BCUT2D eigenvalue weighted by atomic mass is 15.2. The Labute approximate surface area is 124 Å². The molecule has 0 saturated carbocycles. The van der Waals surface area contributed by atoms with Gasteiger partial charge in [0.15, 0.2) is 0 Å². The Morgan fingerprint density at radius 3 is 2.30 bits per heavy atom. The fourth-order valence-electron chi connectivity index (χ4n) is 3.33. The Kier molecular flexibility index (Phi) is 5.22. The molecule has 2 nitrogen and oxygen atoms in total. The summed E-state index contributed by atoms with van der Waals surface area (Å²) in [6, 6.07) is 10.9. The van der Waals surface area contributed by atoms with Crippen LogP contribution in [0.15, 0.2) is 30.3 Å². The minimum atomic E-state index is 0.164. The number of rotatable bonds is 5. The van der Waals surface area contributed by atoms with Crippen LogP contribution in [0.4, 0.5) is 0 Å². The van der Waals surface area contributed by atoms with Crippen LogP contribution in [0.2, 0.25) is 0 Å². The van der Waals surface area contributed by atoms with Gasteiger partial charge in [-0.3, -0.25) is 4.90 Å². The van der Waals surface area contributed by atoms with Crippen molar-refractivity contribution in [1.29, 1.82) is 0 Å². The van der Waals surface area contributed by atoms with Crippen LogP contribution in [0, 0.1) is 11.8 Å². The molecule has 1 heterocycles. The molecule has 1 aliphatic rings. The van der Waals surface area contributed by atoms with E-state index in [4.69, 9.17) is 5.73 Å². The zero-order chi connectivity index (χ0) is 14.6. The third kappa shape index (κ3) is 3.42. The van der Waals surface area contributed by atoms with Gasteiger partial charge in [-0.1, -0.05) is 44.2 Å². The SMILES string of the molecule is CC(C)C(C)(CN)N1CCC(Cc2ccccc2)CC1. The van der Waals surface area contributed by atoms with E-state index in [0.717, 1.165) is 12.5 Å². The van der Waals surface area contributed by atoms with Gasteiger partial charge in [0, 0.05) is 12.1 Å². The fourth-order valence-corrected chi connectivity index (χ4v) is 3.33. The topological polar surface area (TPSA) is 29.3 Å². The second-order valence-corrected chi connectivity index (χ2v) is 6.84. The van der Waals surface area contributed by atoms with Gasteiger partial charge in [-0.05, 0) is 56.7 Å². The lowest BCUT2D eigenvalue weighted by atomic mass is 9.82. The van der Waals surface area contributed by atoms with Crippen LogP contribution < -0.4 is 5.73 Å². The maximum atomic E-state index is 6.06. The molecule has 2 heteroatoms. The van der Waals surface area contributed by atoms with Gasteiger partial charge in [0.1, 0.15) is 0 Å². The van der Waals surface area contributed by atoms with Gasteiger partial charge >= 0.3 is 0 Å². The first-order chi connectivity index (χ1) is 9.56. The first-order valence-corrected chi connectivity index (χ1v) is 8.05. The molecule has 1 aliphatic heterocycles. The molecule has 0 aliphatic carbocycles. The van der Waals surface area contributed by atoms with E-state index in [0.29, 0.717) is 5.92 Å². The van der Waals surface area contributed by atoms with Crippen molar-refractivity contribution in [2.75, 3.05) is 19.6 Å². The molecule has 112 valence electrons. The number of benzene rings is 1. The number of hydrogen-bond acceptors (Lipinski definition) is 2. The summed E-state index contributed by atoms with van der Waals surface area (Å²) in [6.07, 6.45) is 3.84. The van der Waals surface area contributed by atoms with Crippen LogP contribution in [0.25, 0.3) is 0 Å². The summed E-state index contributed by atoms with van der Waals surface area (Å²) in [5.74, 6) is 1.45. The number of hydrogen-bond donors (Lipinski definition) is 1. The van der Waals surface area contributed by atoms with Crippen LogP contribution in [0.5, 0.6) is 0 Å². The molecule has 1 fully saturated rings. The van der Waals surface area contributed by atoms with Crippen LogP contribution >= 0.6 is 0 Å². The molecule has 2 rings (SSSR count). The molecule has 0 amide bonds. The van der Waals surface area contributed by atoms with Crippen molar-refractivity contribution in [1.82, 2.24) is 4.90 Å². The first-order valence-electron chi connectivity index (χ1n) is 8.05. The molecule has 0 spiro atoms. The smallest absolute Gasteiger partial charge is 0.0326 e. The van der Waals surface area contributed by atoms with E-state index in [2.05, 4.69) is 56.0 Å². The first kappa shape index (κ1) is 15.5. The number of nitrogens with zero attached hydrogens (tertiary/aromatic N) is 1. The van der Waals surface area contributed by atoms with E-state index in [1.807, 2.05) is 0 Å². The van der Waals surface area contributed by atoms with E-state index in [-0.39, 0.29) is 5.54 Å². The van der Waals surface area contributed by atoms with Gasteiger partial charge in [0.2, 0.25) is 0 Å². The predicted octanol–water partition coefficient (Wildman–Crippen LogP) is 3.31. The van der Waals surface area contributed by atoms with Gasteiger partial charge in [-0.15, -0.1) is 0 Å². The average Bonchev–Trinajstić information content (AvgIpc) is 2.48. The highest BCUT2D eigenvalue weighted by Crippen LogP contribution is 2.30. The Hall–Kier alpha value is -0.860. The van der Waals surface area contributed by atoms with Gasteiger partial charge in [-0.25, -0.2) is 0 Å². The van der Waals surface area contributed by atoms with Crippen molar-refractivity contribution in [3.05, 3.63) is 35.9 Å². The van der Waals surface area contributed by atoms with E-state index in [9.17, 15) is 0 Å². The fraction of sp³-hybridized carbons (Fsp3) is 0.667. The predicted molar refractivity (Wildman–Crippen MR) is 86.7 cm³/mol. The summed E-state index contributed by atoms with van der Waals surface area (Å²) in [5.41, 5.74) is 7.70. The van der Waals surface area contributed by atoms with Crippen LogP contribution in [0.1, 0.15) is 39.2 Å². The minimum absolute atomic E-state index is 0.164. The highest BCUT2D eigenvalue weighted by Gasteiger charge is 2.35. The lowest BCUT2D eigenvalue weighted by molar-refractivity contribution is 0.0344. The van der Waals surface area contributed by atoms with Gasteiger partial charge in [-0.2, -0.15) is 0 Å². The maximum Gasteiger partial charge on any atom is 0.0326 e. The molecule has 1 unspecified atom stereocenters. The lowest BCUT2D eigenvalue weighted by Gasteiger charge is -2.47. The van der Waals surface area contributed by atoms with Crippen LogP contribution in [0.3, 0.4) is 0 Å². The zero-order valence-electron chi connectivity index (χ0n) is 13.3. The van der Waals surface area contributed by atoms with Crippen molar-refractivity contribution in [2.24, 2.45) is 17.6 Å². The largest absolute Gasteiger partial charge is 0.329 e. The normalized spacial score (nSPS) is 21.1. The maximum absolute atomic E-state index is 6.06. The quantitative estimate of drug-likeness (QED) is 0.892. The van der Waals surface area contributed by atoms with Gasteiger partial charge < -0.3 is 5.73 Å². The van der Waals surface area contributed by atoms with Crippen molar-refractivity contribution >= 4 is 0 Å². The summed E-state index contributed by atoms with van der Waals surface area (Å²) in [6.45, 7) is 10.1. The molecule has 0 bridgehead atoms. The number of piperidine rings is 1. The second-order valence-electron chi connectivity index (χ2n) is 6.84. The molecule has 20 heavy (non-hydrogen) atoms. The molecular weight excluding hydrogens is 244 g/mol. The molecule has 0 radical (unpaired) electrons. The molecular formula is C18H30N2. The molecule has 1 aromatic carbocycles. The van der Waals surface area contributed by atoms with E-state index < -0.39 is 0 Å². The van der Waals surface area contributed by atoms with Crippen molar-refractivity contribution in [3.63, 3.8) is 0 Å². The van der Waals surface area contributed by atoms with E-state index in [1.165, 1.54) is 37.9 Å². The van der Waals surface area contributed by atoms with Crippen molar-refractivity contribution < 1.29 is 0 Å². The Balaban J connectivity index is 1.89. The third-order valence-corrected chi connectivity index (χ3v) is 5.36. The standard InChI is InChI=1S/C18H30N2/c1-15(2)18(3,14-19)20-11-9-17(10-12-20)13-16-7-5-4-6-8-16/h4-8,15,17H,9-14,19H2,1-3H3. The lowest BCUT2D eigenvalue weighted by Crippen LogP contribution is -2.57.